The van der Waals surface area contributed by atoms with E-state index in [1.54, 1.807) is 33.1 Å². The molecule has 0 bridgehead atoms. The lowest BCUT2D eigenvalue weighted by molar-refractivity contribution is -0.140. The van der Waals surface area contributed by atoms with Crippen LogP contribution < -0.4 is 14.4 Å². The average molecular weight is 494 g/mol. The van der Waals surface area contributed by atoms with Gasteiger partial charge >= 0.3 is 0 Å². The van der Waals surface area contributed by atoms with Crippen molar-refractivity contribution in [3.8, 4) is 5.75 Å². The Hall–Kier alpha value is -3.14. The number of carbonyl (C=O) groups excluding carboxylic acids is 2. The van der Waals surface area contributed by atoms with Gasteiger partial charge in [-0.3, -0.25) is 13.9 Å². The number of benzene rings is 2. The Bertz CT molecular complexity index is 1060. The molecule has 0 aromatic heterocycles. The fraction of sp³-hybridized carbons (Fsp3) is 0.417. The van der Waals surface area contributed by atoms with Crippen LogP contribution in [0.4, 0.5) is 10.1 Å². The van der Waals surface area contributed by atoms with Gasteiger partial charge in [0.15, 0.2) is 0 Å². The second kappa shape index (κ2) is 12.4. The summed E-state index contributed by atoms with van der Waals surface area (Å²) in [6, 6.07) is 11.6. The highest BCUT2D eigenvalue weighted by atomic mass is 32.2. The number of hydrogen-bond donors (Lipinski definition) is 1. The van der Waals surface area contributed by atoms with E-state index in [1.165, 1.54) is 29.2 Å². The van der Waals surface area contributed by atoms with Crippen LogP contribution >= 0.6 is 0 Å². The number of amides is 2. The van der Waals surface area contributed by atoms with Crippen molar-refractivity contribution in [2.75, 3.05) is 30.8 Å². The fourth-order valence-electron chi connectivity index (χ4n) is 3.44. The zero-order chi connectivity index (χ0) is 25.3. The van der Waals surface area contributed by atoms with Gasteiger partial charge in [-0.2, -0.15) is 0 Å². The number of nitrogens with zero attached hydrogens (tertiary/aromatic N) is 2. The lowest BCUT2D eigenvalue weighted by atomic mass is 10.1. The Morgan fingerprint density at radius 3 is 2.24 bits per heavy atom. The summed E-state index contributed by atoms with van der Waals surface area (Å²) in [5, 5.41) is 2.73. The number of hydrogen-bond acceptors (Lipinski definition) is 5. The Kier molecular flexibility index (Phi) is 9.85. The van der Waals surface area contributed by atoms with Crippen LogP contribution in [0, 0.1) is 5.82 Å². The molecular weight excluding hydrogens is 461 g/mol. The highest BCUT2D eigenvalue weighted by molar-refractivity contribution is 7.92. The molecule has 186 valence electrons. The van der Waals surface area contributed by atoms with Crippen molar-refractivity contribution in [1.29, 1.82) is 0 Å². The van der Waals surface area contributed by atoms with Gasteiger partial charge in [0.1, 0.15) is 17.6 Å². The fourth-order valence-corrected chi connectivity index (χ4v) is 4.41. The van der Waals surface area contributed by atoms with Gasteiger partial charge in [0, 0.05) is 26.1 Å². The summed E-state index contributed by atoms with van der Waals surface area (Å²) in [7, 11) is -2.07. The molecule has 1 unspecified atom stereocenters. The van der Waals surface area contributed by atoms with E-state index >= 15 is 0 Å². The molecule has 2 aromatic carbocycles. The molecule has 2 aromatic rings. The Labute approximate surface area is 200 Å². The maximum absolute atomic E-state index is 13.3. The molecule has 0 saturated heterocycles. The minimum atomic E-state index is -3.63. The zero-order valence-corrected chi connectivity index (χ0v) is 20.8. The highest BCUT2D eigenvalue weighted by Crippen LogP contribution is 2.20. The van der Waals surface area contributed by atoms with Crippen LogP contribution in [0.25, 0.3) is 0 Å². The van der Waals surface area contributed by atoms with Crippen molar-refractivity contribution >= 4 is 27.5 Å². The maximum Gasteiger partial charge on any atom is 0.242 e. The third kappa shape index (κ3) is 7.72. The second-order valence-electron chi connectivity index (χ2n) is 7.86. The second-order valence-corrected chi connectivity index (χ2v) is 9.76. The van der Waals surface area contributed by atoms with Crippen molar-refractivity contribution in [2.24, 2.45) is 0 Å². The van der Waals surface area contributed by atoms with Crippen molar-refractivity contribution < 1.29 is 27.1 Å². The number of ether oxygens (including phenoxy) is 1. The normalized spacial score (nSPS) is 12.0. The summed E-state index contributed by atoms with van der Waals surface area (Å²) in [6.45, 7) is 4.16. The Morgan fingerprint density at radius 2 is 1.71 bits per heavy atom. The van der Waals surface area contributed by atoms with Crippen LogP contribution in [0.1, 0.15) is 32.3 Å². The number of methoxy groups -OCH3 is 1. The third-order valence-corrected chi connectivity index (χ3v) is 6.49. The van der Waals surface area contributed by atoms with Gasteiger partial charge in [0.05, 0.1) is 19.1 Å². The van der Waals surface area contributed by atoms with Crippen LogP contribution in [0.3, 0.4) is 0 Å². The summed E-state index contributed by atoms with van der Waals surface area (Å²) in [5.41, 5.74) is 1.15. The first-order valence-electron chi connectivity index (χ1n) is 11.0. The standard InChI is InChI=1S/C24H32FN3O5S/c1-5-26-24(30)18(2)27(17-19-8-14-22(33-3)15-9-19)23(29)7-6-16-28(34(4,31)32)21-12-10-20(25)11-13-21/h8-15,18H,5-7,16-17H2,1-4H3,(H,26,30). The molecule has 0 aliphatic rings. The lowest BCUT2D eigenvalue weighted by Crippen LogP contribution is -2.47. The number of anilines is 1. The summed E-state index contributed by atoms with van der Waals surface area (Å²) in [4.78, 5) is 27.1. The first kappa shape index (κ1) is 27.1. The van der Waals surface area contributed by atoms with Gasteiger partial charge in [-0.25, -0.2) is 12.8 Å². The number of likely N-dealkylation sites (N-methyl/N-ethyl adjacent to an activating group) is 1. The van der Waals surface area contributed by atoms with E-state index in [-0.39, 0.29) is 37.7 Å². The van der Waals surface area contributed by atoms with Crippen LogP contribution in [0.5, 0.6) is 5.75 Å². The van der Waals surface area contributed by atoms with E-state index < -0.39 is 21.9 Å². The summed E-state index contributed by atoms with van der Waals surface area (Å²) in [5.74, 6) is -0.337. The zero-order valence-electron chi connectivity index (χ0n) is 20.0. The molecule has 0 spiro atoms. The van der Waals surface area contributed by atoms with Gasteiger partial charge in [-0.15, -0.1) is 0 Å². The molecule has 0 saturated carbocycles. The predicted octanol–water partition coefficient (Wildman–Crippen LogP) is 2.93. The van der Waals surface area contributed by atoms with Crippen LogP contribution in [-0.2, 0) is 26.2 Å². The molecule has 0 heterocycles. The van der Waals surface area contributed by atoms with Gasteiger partial charge in [-0.05, 0) is 62.2 Å². The van der Waals surface area contributed by atoms with Crippen molar-refractivity contribution in [1.82, 2.24) is 10.2 Å². The van der Waals surface area contributed by atoms with E-state index in [0.717, 1.165) is 16.1 Å². The number of sulfonamides is 1. The molecule has 34 heavy (non-hydrogen) atoms. The summed E-state index contributed by atoms with van der Waals surface area (Å²) in [6.07, 6.45) is 1.32. The SMILES string of the molecule is CCNC(=O)C(C)N(Cc1ccc(OC)cc1)C(=O)CCCN(c1ccc(F)cc1)S(C)(=O)=O. The van der Waals surface area contributed by atoms with Crippen molar-refractivity contribution in [2.45, 2.75) is 39.3 Å². The van der Waals surface area contributed by atoms with Gasteiger partial charge < -0.3 is 15.0 Å². The topological polar surface area (TPSA) is 96.0 Å². The van der Waals surface area contributed by atoms with Crippen molar-refractivity contribution in [3.05, 3.63) is 59.9 Å². The van der Waals surface area contributed by atoms with E-state index in [2.05, 4.69) is 5.32 Å². The molecule has 1 N–H and O–H groups in total. The number of carbonyl (C=O) groups is 2. The first-order chi connectivity index (χ1) is 16.1. The first-order valence-corrected chi connectivity index (χ1v) is 12.8. The molecule has 0 aliphatic heterocycles. The van der Waals surface area contributed by atoms with Gasteiger partial charge in [0.2, 0.25) is 21.8 Å². The molecule has 2 amide bonds. The molecule has 0 fully saturated rings. The smallest absolute Gasteiger partial charge is 0.242 e. The highest BCUT2D eigenvalue weighted by Gasteiger charge is 2.26. The van der Waals surface area contributed by atoms with Crippen LogP contribution in [0.2, 0.25) is 0 Å². The van der Waals surface area contributed by atoms with E-state index in [1.807, 2.05) is 12.1 Å². The molecule has 1 atom stereocenters. The minimum Gasteiger partial charge on any atom is -0.497 e. The molecule has 0 aliphatic carbocycles. The van der Waals surface area contributed by atoms with E-state index in [4.69, 9.17) is 4.74 Å². The largest absolute Gasteiger partial charge is 0.497 e. The maximum atomic E-state index is 13.3. The third-order valence-electron chi connectivity index (χ3n) is 5.30. The van der Waals surface area contributed by atoms with Crippen molar-refractivity contribution in [3.63, 3.8) is 0 Å². The Morgan fingerprint density at radius 1 is 1.09 bits per heavy atom. The summed E-state index contributed by atoms with van der Waals surface area (Å²) < 4.78 is 44.1. The van der Waals surface area contributed by atoms with E-state index in [0.29, 0.717) is 18.0 Å². The number of nitrogens with one attached hydrogen (secondary N) is 1. The quantitative estimate of drug-likeness (QED) is 0.491. The van der Waals surface area contributed by atoms with Gasteiger partial charge in [0.25, 0.3) is 0 Å². The van der Waals surface area contributed by atoms with Crippen LogP contribution in [0.15, 0.2) is 48.5 Å². The minimum absolute atomic E-state index is 0.0348. The summed E-state index contributed by atoms with van der Waals surface area (Å²) >= 11 is 0. The molecule has 0 radical (unpaired) electrons. The molecular formula is C24H32FN3O5S. The van der Waals surface area contributed by atoms with Gasteiger partial charge in [-0.1, -0.05) is 12.1 Å². The lowest BCUT2D eigenvalue weighted by Gasteiger charge is -2.29. The van der Waals surface area contributed by atoms with E-state index in [9.17, 15) is 22.4 Å². The Balaban J connectivity index is 2.14. The molecule has 8 nitrogen and oxygen atoms in total. The van der Waals surface area contributed by atoms with Crippen LogP contribution in [-0.4, -0.2) is 57.6 Å². The molecule has 2 rings (SSSR count). The average Bonchev–Trinajstić information content (AvgIpc) is 2.80. The monoisotopic (exact) mass is 493 g/mol. The number of halogens is 1. The molecule has 10 heteroatoms. The number of rotatable bonds is 12. The predicted molar refractivity (Wildman–Crippen MR) is 130 cm³/mol.